The summed E-state index contributed by atoms with van der Waals surface area (Å²) >= 11 is 1.37. The van der Waals surface area contributed by atoms with Crippen LogP contribution in [-0.2, 0) is 11.3 Å². The number of carbonyl (C=O) groups excluding carboxylic acids is 1. The van der Waals surface area contributed by atoms with Crippen LogP contribution in [0.3, 0.4) is 0 Å². The molecule has 0 unspecified atom stereocenters. The molecule has 8 heteroatoms. The van der Waals surface area contributed by atoms with E-state index in [-0.39, 0.29) is 0 Å². The smallest absolute Gasteiger partial charge is 0.427 e. The fourth-order valence-corrected chi connectivity index (χ4v) is 2.67. The number of aromatic nitrogens is 1. The standard InChI is InChI=1S/C16H20N4O3S/c1-4-23-14-6-5-12(11(2)18-19-16(21)22-3)9-13(14)10-20-7-8-24-15(20)17/h5-9,17H,4,10H2,1-3H3,(H,19,21)/b17-15?,18-11-. The molecule has 0 fully saturated rings. The lowest BCUT2D eigenvalue weighted by Gasteiger charge is -2.13. The number of benzene rings is 1. The lowest BCUT2D eigenvalue weighted by Crippen LogP contribution is -2.19. The second-order valence-corrected chi connectivity index (χ2v) is 5.79. The maximum Gasteiger partial charge on any atom is 0.427 e. The lowest BCUT2D eigenvalue weighted by molar-refractivity contribution is 0.171. The number of thiazole rings is 1. The first-order valence-electron chi connectivity index (χ1n) is 7.38. The molecule has 2 N–H and O–H groups in total. The Balaban J connectivity index is 2.31. The van der Waals surface area contributed by atoms with E-state index in [0.29, 0.717) is 23.7 Å². The second kappa shape index (κ2) is 8.30. The van der Waals surface area contributed by atoms with E-state index in [9.17, 15) is 4.79 Å². The summed E-state index contributed by atoms with van der Waals surface area (Å²) in [4.78, 5) is 11.6. The van der Waals surface area contributed by atoms with Gasteiger partial charge in [-0.25, -0.2) is 10.2 Å². The van der Waals surface area contributed by atoms with Crippen LogP contribution < -0.4 is 15.0 Å². The van der Waals surface area contributed by atoms with Gasteiger partial charge >= 0.3 is 6.09 Å². The molecule has 1 aromatic heterocycles. The average Bonchev–Trinajstić information content (AvgIpc) is 2.99. The van der Waals surface area contributed by atoms with Gasteiger partial charge in [-0.15, -0.1) is 11.3 Å². The molecule has 0 aliphatic carbocycles. The van der Waals surface area contributed by atoms with E-state index in [4.69, 9.17) is 10.1 Å². The van der Waals surface area contributed by atoms with Crippen LogP contribution in [0.15, 0.2) is 34.9 Å². The predicted octanol–water partition coefficient (Wildman–Crippen LogP) is 2.56. The zero-order chi connectivity index (χ0) is 17.5. The minimum Gasteiger partial charge on any atom is -0.494 e. The highest BCUT2D eigenvalue weighted by atomic mass is 32.1. The Hall–Kier alpha value is -2.61. The van der Waals surface area contributed by atoms with Crippen molar-refractivity contribution >= 4 is 23.1 Å². The molecule has 0 saturated carbocycles. The SMILES string of the molecule is CCOc1ccc(/C(C)=N\NC(=O)OC)cc1Cn1ccsc1=N. The minimum absolute atomic E-state index is 0.473. The van der Waals surface area contributed by atoms with Crippen molar-refractivity contribution in [3.05, 3.63) is 45.7 Å². The van der Waals surface area contributed by atoms with Gasteiger partial charge in [-0.1, -0.05) is 0 Å². The number of rotatable bonds is 6. The fourth-order valence-electron chi connectivity index (χ4n) is 2.08. The molecule has 128 valence electrons. The Morgan fingerprint density at radius 1 is 1.46 bits per heavy atom. The Kier molecular flexibility index (Phi) is 6.14. The summed E-state index contributed by atoms with van der Waals surface area (Å²) in [5.41, 5.74) is 4.75. The van der Waals surface area contributed by atoms with Gasteiger partial charge in [0.05, 0.1) is 26.0 Å². The van der Waals surface area contributed by atoms with Gasteiger partial charge in [-0.3, -0.25) is 5.41 Å². The van der Waals surface area contributed by atoms with E-state index in [1.165, 1.54) is 18.4 Å². The lowest BCUT2D eigenvalue weighted by atomic mass is 10.1. The fraction of sp³-hybridized carbons (Fsp3) is 0.312. The number of hydrogen-bond donors (Lipinski definition) is 2. The topological polar surface area (TPSA) is 88.7 Å². The Morgan fingerprint density at radius 2 is 2.25 bits per heavy atom. The summed E-state index contributed by atoms with van der Waals surface area (Å²) in [6.45, 7) is 4.82. The van der Waals surface area contributed by atoms with Crippen molar-refractivity contribution in [1.29, 1.82) is 5.41 Å². The number of hydrazone groups is 1. The van der Waals surface area contributed by atoms with Crippen LogP contribution in [0, 0.1) is 5.41 Å². The van der Waals surface area contributed by atoms with Crippen molar-refractivity contribution in [2.45, 2.75) is 20.4 Å². The molecule has 2 aromatic rings. The van der Waals surface area contributed by atoms with Crippen molar-refractivity contribution in [2.75, 3.05) is 13.7 Å². The second-order valence-electron chi connectivity index (χ2n) is 4.89. The maximum absolute atomic E-state index is 11.1. The molecule has 0 saturated heterocycles. The van der Waals surface area contributed by atoms with Crippen LogP contribution in [0.5, 0.6) is 5.75 Å². The van der Waals surface area contributed by atoms with Crippen LogP contribution in [0.2, 0.25) is 0 Å². The average molecular weight is 348 g/mol. The van der Waals surface area contributed by atoms with E-state index >= 15 is 0 Å². The largest absolute Gasteiger partial charge is 0.494 e. The van der Waals surface area contributed by atoms with Gasteiger partial charge in [-0.05, 0) is 37.6 Å². The van der Waals surface area contributed by atoms with Crippen molar-refractivity contribution in [3.63, 3.8) is 0 Å². The summed E-state index contributed by atoms with van der Waals surface area (Å²) in [6, 6.07) is 5.71. The summed E-state index contributed by atoms with van der Waals surface area (Å²) < 4.78 is 12.0. The zero-order valence-corrected chi connectivity index (χ0v) is 14.6. The normalized spacial score (nSPS) is 11.2. The van der Waals surface area contributed by atoms with Gasteiger partial charge in [-0.2, -0.15) is 5.10 Å². The van der Waals surface area contributed by atoms with Gasteiger partial charge in [0.2, 0.25) is 0 Å². The molecule has 7 nitrogen and oxygen atoms in total. The van der Waals surface area contributed by atoms with Gasteiger partial charge in [0, 0.05) is 17.1 Å². The molecule has 0 aliphatic heterocycles. The molecular formula is C16H20N4O3S. The highest BCUT2D eigenvalue weighted by Gasteiger charge is 2.09. The minimum atomic E-state index is -0.617. The molecular weight excluding hydrogens is 328 g/mol. The number of ether oxygens (including phenoxy) is 2. The molecule has 0 aliphatic rings. The van der Waals surface area contributed by atoms with Crippen molar-refractivity contribution in [2.24, 2.45) is 5.10 Å². The Morgan fingerprint density at radius 3 is 2.88 bits per heavy atom. The molecule has 2 rings (SSSR count). The van der Waals surface area contributed by atoms with E-state index in [1.807, 2.05) is 41.3 Å². The summed E-state index contributed by atoms with van der Waals surface area (Å²) in [5, 5.41) is 13.8. The van der Waals surface area contributed by atoms with Crippen LogP contribution in [0.1, 0.15) is 25.0 Å². The van der Waals surface area contributed by atoms with Crippen LogP contribution >= 0.6 is 11.3 Å². The highest BCUT2D eigenvalue weighted by Crippen LogP contribution is 2.22. The quantitative estimate of drug-likeness (QED) is 0.621. The summed E-state index contributed by atoms with van der Waals surface area (Å²) in [7, 11) is 1.28. The van der Waals surface area contributed by atoms with E-state index in [1.54, 1.807) is 6.92 Å². The van der Waals surface area contributed by atoms with Gasteiger partial charge in [0.1, 0.15) is 5.75 Å². The molecule has 0 radical (unpaired) electrons. The van der Waals surface area contributed by atoms with Crippen LogP contribution in [0.25, 0.3) is 0 Å². The molecule has 0 spiro atoms. The van der Waals surface area contributed by atoms with Gasteiger partial charge in [0.25, 0.3) is 0 Å². The third-order valence-electron chi connectivity index (χ3n) is 3.30. The number of carbonyl (C=O) groups is 1. The van der Waals surface area contributed by atoms with Crippen molar-refractivity contribution < 1.29 is 14.3 Å². The number of hydrogen-bond acceptors (Lipinski definition) is 6. The number of amides is 1. The van der Waals surface area contributed by atoms with E-state index < -0.39 is 6.09 Å². The first kappa shape index (κ1) is 17.7. The van der Waals surface area contributed by atoms with Crippen LogP contribution in [0.4, 0.5) is 4.79 Å². The Labute approximate surface area is 144 Å². The molecule has 1 heterocycles. The van der Waals surface area contributed by atoms with Gasteiger partial charge in [0.15, 0.2) is 4.80 Å². The van der Waals surface area contributed by atoms with Gasteiger partial charge < -0.3 is 14.0 Å². The number of nitrogens with one attached hydrogen (secondary N) is 2. The van der Waals surface area contributed by atoms with Crippen LogP contribution in [-0.4, -0.2) is 30.1 Å². The molecule has 1 amide bonds. The third-order valence-corrected chi connectivity index (χ3v) is 4.02. The number of nitrogens with zero attached hydrogens (tertiary/aromatic N) is 2. The first-order chi connectivity index (χ1) is 11.5. The zero-order valence-electron chi connectivity index (χ0n) is 13.8. The van der Waals surface area contributed by atoms with Crippen molar-refractivity contribution in [1.82, 2.24) is 9.99 Å². The first-order valence-corrected chi connectivity index (χ1v) is 8.26. The third kappa shape index (κ3) is 4.45. The summed E-state index contributed by atoms with van der Waals surface area (Å²) in [5.74, 6) is 0.771. The summed E-state index contributed by atoms with van der Waals surface area (Å²) in [6.07, 6.45) is 1.25. The monoisotopic (exact) mass is 348 g/mol. The molecule has 1 aromatic carbocycles. The highest BCUT2D eigenvalue weighted by molar-refractivity contribution is 7.06. The molecule has 24 heavy (non-hydrogen) atoms. The Bertz CT molecular complexity index is 795. The maximum atomic E-state index is 11.1. The number of methoxy groups -OCH3 is 1. The van der Waals surface area contributed by atoms with E-state index in [0.717, 1.165) is 16.9 Å². The van der Waals surface area contributed by atoms with E-state index in [2.05, 4.69) is 15.3 Å². The molecule has 0 atom stereocenters. The molecule has 0 bridgehead atoms. The predicted molar refractivity (Wildman–Crippen MR) is 92.6 cm³/mol. The van der Waals surface area contributed by atoms with Crippen molar-refractivity contribution in [3.8, 4) is 5.75 Å².